The van der Waals surface area contributed by atoms with Crippen LogP contribution in [0.1, 0.15) is 27.7 Å². The minimum Gasteiger partial charge on any atom is -0.455 e. The third kappa shape index (κ3) is 6.61. The quantitative estimate of drug-likeness (QED) is 0.525. The Labute approximate surface area is 151 Å². The van der Waals surface area contributed by atoms with E-state index in [1.807, 2.05) is 27.7 Å². The molecule has 1 amide bonds. The molecule has 0 unspecified atom stereocenters. The maximum atomic E-state index is 12.1. The first-order valence-electron chi connectivity index (χ1n) is 7.27. The van der Waals surface area contributed by atoms with Gasteiger partial charge in [-0.2, -0.15) is 0 Å². The van der Waals surface area contributed by atoms with Gasteiger partial charge in [0.2, 0.25) is 0 Å². The highest BCUT2D eigenvalue weighted by Gasteiger charge is 2.21. The Kier molecular flexibility index (Phi) is 8.23. The highest BCUT2D eigenvalue weighted by Crippen LogP contribution is 2.29. The lowest BCUT2D eigenvalue weighted by Gasteiger charge is -2.30. The van der Waals surface area contributed by atoms with Crippen molar-refractivity contribution in [2.75, 3.05) is 12.4 Å². The molecule has 0 radical (unpaired) electrons. The third-order valence-electron chi connectivity index (χ3n) is 3.00. The second-order valence-electron chi connectivity index (χ2n) is 5.51. The SMILES string of the molecule is CC(C)N(C(=O)COC(=O)CSc1cc(Cl)ccc1Cl)C(C)C. The number of carbonyl (C=O) groups excluding carboxylic acids is 2. The van der Waals surface area contributed by atoms with E-state index < -0.39 is 5.97 Å². The Balaban J connectivity index is 2.48. The van der Waals surface area contributed by atoms with Gasteiger partial charge in [0.25, 0.3) is 5.91 Å². The third-order valence-corrected chi connectivity index (χ3v) is 4.70. The molecule has 4 nitrogen and oxygen atoms in total. The first-order valence-corrected chi connectivity index (χ1v) is 9.01. The van der Waals surface area contributed by atoms with Crippen LogP contribution in [-0.2, 0) is 14.3 Å². The summed E-state index contributed by atoms with van der Waals surface area (Å²) < 4.78 is 5.05. The summed E-state index contributed by atoms with van der Waals surface area (Å²) in [5.41, 5.74) is 0. The molecule has 0 aliphatic carbocycles. The summed E-state index contributed by atoms with van der Waals surface area (Å²) in [4.78, 5) is 26.3. The maximum Gasteiger partial charge on any atom is 0.316 e. The highest BCUT2D eigenvalue weighted by molar-refractivity contribution is 8.00. The van der Waals surface area contributed by atoms with Crippen LogP contribution >= 0.6 is 35.0 Å². The summed E-state index contributed by atoms with van der Waals surface area (Å²) in [6.45, 7) is 7.46. The summed E-state index contributed by atoms with van der Waals surface area (Å²) in [6, 6.07) is 5.15. The van der Waals surface area contributed by atoms with Crippen molar-refractivity contribution in [3.63, 3.8) is 0 Å². The predicted octanol–water partition coefficient (Wildman–Crippen LogP) is 4.27. The van der Waals surface area contributed by atoms with Gasteiger partial charge in [0.1, 0.15) is 0 Å². The Hall–Kier alpha value is -0.910. The number of esters is 1. The number of hydrogen-bond acceptors (Lipinski definition) is 4. The first-order chi connectivity index (χ1) is 10.7. The van der Waals surface area contributed by atoms with Crippen molar-refractivity contribution >= 4 is 46.8 Å². The topological polar surface area (TPSA) is 46.6 Å². The number of amides is 1. The number of benzene rings is 1. The van der Waals surface area contributed by atoms with E-state index in [9.17, 15) is 9.59 Å². The van der Waals surface area contributed by atoms with Crippen LogP contribution < -0.4 is 0 Å². The van der Waals surface area contributed by atoms with Gasteiger partial charge in [-0.15, -0.1) is 11.8 Å². The van der Waals surface area contributed by atoms with Crippen LogP contribution in [0.5, 0.6) is 0 Å². The minimum atomic E-state index is -0.466. The second-order valence-corrected chi connectivity index (χ2v) is 7.37. The second kappa shape index (κ2) is 9.40. The molecule has 0 N–H and O–H groups in total. The average Bonchev–Trinajstić information content (AvgIpc) is 2.45. The first kappa shape index (κ1) is 20.1. The maximum absolute atomic E-state index is 12.1. The predicted molar refractivity (Wildman–Crippen MR) is 95.3 cm³/mol. The van der Waals surface area contributed by atoms with Crippen molar-refractivity contribution in [1.29, 1.82) is 0 Å². The van der Waals surface area contributed by atoms with E-state index in [2.05, 4.69) is 0 Å². The van der Waals surface area contributed by atoms with Crippen molar-refractivity contribution in [2.45, 2.75) is 44.7 Å². The van der Waals surface area contributed by atoms with Gasteiger partial charge in [0.15, 0.2) is 6.61 Å². The molecule has 0 aliphatic rings. The average molecular weight is 378 g/mol. The number of rotatable bonds is 7. The molecule has 0 saturated carbocycles. The Bertz CT molecular complexity index is 556. The van der Waals surface area contributed by atoms with Gasteiger partial charge < -0.3 is 9.64 Å². The number of thioether (sulfide) groups is 1. The van der Waals surface area contributed by atoms with Gasteiger partial charge in [0, 0.05) is 22.0 Å². The van der Waals surface area contributed by atoms with Gasteiger partial charge in [-0.05, 0) is 45.9 Å². The molecule has 0 bridgehead atoms. The molecule has 0 spiro atoms. The van der Waals surface area contributed by atoms with Gasteiger partial charge >= 0.3 is 5.97 Å². The molecule has 0 saturated heterocycles. The molecule has 23 heavy (non-hydrogen) atoms. The molecule has 0 aromatic heterocycles. The number of nitrogens with zero attached hydrogens (tertiary/aromatic N) is 1. The van der Waals surface area contributed by atoms with Crippen LogP contribution in [0, 0.1) is 0 Å². The van der Waals surface area contributed by atoms with E-state index in [1.165, 1.54) is 11.8 Å². The number of ether oxygens (including phenoxy) is 1. The van der Waals surface area contributed by atoms with Crippen LogP contribution in [0.2, 0.25) is 10.0 Å². The fourth-order valence-electron chi connectivity index (χ4n) is 2.16. The minimum absolute atomic E-state index is 0.0563. The molecule has 1 aromatic rings. The largest absolute Gasteiger partial charge is 0.455 e. The molecule has 0 heterocycles. The van der Waals surface area contributed by atoms with E-state index in [0.717, 1.165) is 0 Å². The lowest BCUT2D eigenvalue weighted by Crippen LogP contribution is -2.44. The summed E-state index contributed by atoms with van der Waals surface area (Å²) >= 11 is 13.1. The lowest BCUT2D eigenvalue weighted by atomic mass is 10.2. The number of carbonyl (C=O) groups is 2. The summed E-state index contributed by atoms with van der Waals surface area (Å²) in [7, 11) is 0. The monoisotopic (exact) mass is 377 g/mol. The highest BCUT2D eigenvalue weighted by atomic mass is 35.5. The zero-order valence-electron chi connectivity index (χ0n) is 13.6. The van der Waals surface area contributed by atoms with Crippen molar-refractivity contribution in [3.05, 3.63) is 28.2 Å². The summed E-state index contributed by atoms with van der Waals surface area (Å²) in [5, 5.41) is 1.07. The molecule has 7 heteroatoms. The van der Waals surface area contributed by atoms with Crippen molar-refractivity contribution < 1.29 is 14.3 Å². The van der Waals surface area contributed by atoms with E-state index in [1.54, 1.807) is 23.1 Å². The zero-order chi connectivity index (χ0) is 17.6. The van der Waals surface area contributed by atoms with Gasteiger partial charge in [0.05, 0.1) is 10.8 Å². The normalized spacial score (nSPS) is 11.0. The van der Waals surface area contributed by atoms with Crippen LogP contribution in [-0.4, -0.2) is 41.2 Å². The molecule has 0 atom stereocenters. The molecule has 1 aromatic carbocycles. The molecule has 128 valence electrons. The fourth-order valence-corrected chi connectivity index (χ4v) is 3.45. The fraction of sp³-hybridized carbons (Fsp3) is 0.500. The molecule has 1 rings (SSSR count). The molecule has 0 aliphatic heterocycles. The van der Waals surface area contributed by atoms with Gasteiger partial charge in [-0.1, -0.05) is 23.2 Å². The van der Waals surface area contributed by atoms with Crippen LogP contribution in [0.4, 0.5) is 0 Å². The number of halogens is 2. The van der Waals surface area contributed by atoms with E-state index in [0.29, 0.717) is 14.9 Å². The van der Waals surface area contributed by atoms with Crippen LogP contribution in [0.3, 0.4) is 0 Å². The van der Waals surface area contributed by atoms with Crippen LogP contribution in [0.25, 0.3) is 0 Å². The lowest BCUT2D eigenvalue weighted by molar-refractivity contribution is -0.151. The van der Waals surface area contributed by atoms with Crippen molar-refractivity contribution in [1.82, 2.24) is 4.90 Å². The van der Waals surface area contributed by atoms with Crippen molar-refractivity contribution in [2.24, 2.45) is 0 Å². The Morgan fingerprint density at radius 3 is 2.35 bits per heavy atom. The smallest absolute Gasteiger partial charge is 0.316 e. The Morgan fingerprint density at radius 2 is 1.78 bits per heavy atom. The Morgan fingerprint density at radius 1 is 1.17 bits per heavy atom. The van der Waals surface area contributed by atoms with E-state index >= 15 is 0 Å². The summed E-state index contributed by atoms with van der Waals surface area (Å²) in [6.07, 6.45) is 0. The standard InChI is InChI=1S/C16H21Cl2NO3S/c1-10(2)19(11(3)4)15(20)8-22-16(21)9-23-14-7-12(17)5-6-13(14)18/h5-7,10-11H,8-9H2,1-4H3. The zero-order valence-corrected chi connectivity index (χ0v) is 16.0. The van der Waals surface area contributed by atoms with Crippen LogP contribution in [0.15, 0.2) is 23.1 Å². The van der Waals surface area contributed by atoms with E-state index in [4.69, 9.17) is 27.9 Å². The van der Waals surface area contributed by atoms with Gasteiger partial charge in [-0.3, -0.25) is 9.59 Å². The summed E-state index contributed by atoms with van der Waals surface area (Å²) in [5.74, 6) is -0.600. The molecular formula is C16H21Cl2NO3S. The number of hydrogen-bond donors (Lipinski definition) is 0. The van der Waals surface area contributed by atoms with Crippen molar-refractivity contribution in [3.8, 4) is 0 Å². The van der Waals surface area contributed by atoms with Gasteiger partial charge in [-0.25, -0.2) is 0 Å². The molecule has 0 fully saturated rings. The molecular weight excluding hydrogens is 357 g/mol. The van der Waals surface area contributed by atoms with E-state index in [-0.39, 0.29) is 30.4 Å².